The number of para-hydroxylation sites is 2. The lowest BCUT2D eigenvalue weighted by atomic mass is 10.1. The molecule has 0 aromatic heterocycles. The van der Waals surface area contributed by atoms with Gasteiger partial charge in [0, 0.05) is 9.79 Å². The maximum atomic E-state index is 13.7. The highest BCUT2D eigenvalue weighted by Gasteiger charge is 2.33. The molecule has 5 heteroatoms. The van der Waals surface area contributed by atoms with Gasteiger partial charge in [-0.1, -0.05) is 66.4 Å². The topological polar surface area (TPSA) is 37.4 Å². The first-order chi connectivity index (χ1) is 13.1. The average Bonchev–Trinajstić information content (AvgIpc) is 2.71. The predicted octanol–water partition coefficient (Wildman–Crippen LogP) is 5.83. The number of anilines is 2. The zero-order chi connectivity index (χ0) is 18.4. The van der Waals surface area contributed by atoms with Crippen molar-refractivity contribution in [1.82, 2.24) is 0 Å². The molecule has 3 nitrogen and oxygen atoms in total. The zero-order valence-corrected chi connectivity index (χ0v) is 15.9. The molecule has 1 heterocycles. The fourth-order valence-corrected chi connectivity index (χ4v) is 6.10. The molecule has 27 heavy (non-hydrogen) atoms. The molecule has 0 aliphatic carbocycles. The molecular weight excluding hydrogens is 374 g/mol. The number of hydrogen-bond acceptors (Lipinski definition) is 3. The Labute approximate surface area is 162 Å². The van der Waals surface area contributed by atoms with Crippen molar-refractivity contribution in [1.29, 1.82) is 0 Å². The molecule has 0 amide bonds. The molecule has 5 rings (SSSR count). The van der Waals surface area contributed by atoms with Crippen LogP contribution in [0.1, 0.15) is 0 Å². The van der Waals surface area contributed by atoms with E-state index in [4.69, 9.17) is 0 Å². The largest absolute Gasteiger partial charge is 0.268 e. The van der Waals surface area contributed by atoms with Crippen LogP contribution in [-0.2, 0) is 10.0 Å². The Morgan fingerprint density at radius 2 is 1.19 bits per heavy atom. The molecule has 132 valence electrons. The number of rotatable bonds is 2. The molecule has 0 atom stereocenters. The third-order valence-electron chi connectivity index (χ3n) is 4.65. The first-order valence-corrected chi connectivity index (χ1v) is 10.8. The maximum absolute atomic E-state index is 13.7. The Bertz CT molecular complexity index is 1240. The normalized spacial score (nSPS) is 13.3. The molecule has 1 aliphatic rings. The maximum Gasteiger partial charge on any atom is 0.268 e. The van der Waals surface area contributed by atoms with Gasteiger partial charge in [-0.25, -0.2) is 12.7 Å². The summed E-state index contributed by atoms with van der Waals surface area (Å²) in [6.07, 6.45) is 0. The second-order valence-electron chi connectivity index (χ2n) is 6.32. The smallest absolute Gasteiger partial charge is 0.232 e. The molecule has 0 spiro atoms. The van der Waals surface area contributed by atoms with Crippen LogP contribution in [0.25, 0.3) is 10.8 Å². The average molecular weight is 390 g/mol. The van der Waals surface area contributed by atoms with Crippen molar-refractivity contribution >= 4 is 43.9 Å². The van der Waals surface area contributed by atoms with Crippen LogP contribution in [0.5, 0.6) is 0 Å². The Kier molecular flexibility index (Phi) is 3.74. The molecule has 0 fully saturated rings. The molecule has 0 bridgehead atoms. The summed E-state index contributed by atoms with van der Waals surface area (Å²) in [4.78, 5) is 2.15. The van der Waals surface area contributed by atoms with E-state index >= 15 is 0 Å². The lowest BCUT2D eigenvalue weighted by Gasteiger charge is -2.31. The third kappa shape index (κ3) is 2.62. The van der Waals surface area contributed by atoms with E-state index in [0.29, 0.717) is 11.4 Å². The van der Waals surface area contributed by atoms with Crippen molar-refractivity contribution in [3.05, 3.63) is 91.0 Å². The van der Waals surface area contributed by atoms with E-state index in [1.807, 2.05) is 78.9 Å². The van der Waals surface area contributed by atoms with Gasteiger partial charge in [-0.3, -0.25) is 0 Å². The van der Waals surface area contributed by atoms with Crippen LogP contribution in [0, 0.1) is 0 Å². The van der Waals surface area contributed by atoms with Gasteiger partial charge in [-0.05, 0) is 47.2 Å². The summed E-state index contributed by atoms with van der Waals surface area (Å²) in [5, 5.41) is 1.93. The summed E-state index contributed by atoms with van der Waals surface area (Å²) >= 11 is 1.59. The lowest BCUT2D eigenvalue weighted by Crippen LogP contribution is -2.28. The summed E-state index contributed by atoms with van der Waals surface area (Å²) in [6.45, 7) is 0. The fraction of sp³-hybridized carbons (Fsp3) is 0. The number of fused-ring (bicyclic) bond motifs is 3. The molecule has 0 saturated heterocycles. The summed E-state index contributed by atoms with van der Waals surface area (Å²) in [7, 11) is -3.76. The van der Waals surface area contributed by atoms with Gasteiger partial charge in [0.05, 0.1) is 16.3 Å². The first kappa shape index (κ1) is 16.4. The zero-order valence-electron chi connectivity index (χ0n) is 14.2. The predicted molar refractivity (Wildman–Crippen MR) is 110 cm³/mol. The van der Waals surface area contributed by atoms with Gasteiger partial charge in [-0.2, -0.15) is 0 Å². The van der Waals surface area contributed by atoms with Crippen LogP contribution >= 0.6 is 11.8 Å². The minimum absolute atomic E-state index is 0.290. The monoisotopic (exact) mass is 389 g/mol. The molecule has 4 aromatic rings. The highest BCUT2D eigenvalue weighted by Crippen LogP contribution is 2.50. The summed E-state index contributed by atoms with van der Waals surface area (Å²) < 4.78 is 28.8. The van der Waals surface area contributed by atoms with E-state index in [9.17, 15) is 8.42 Å². The molecule has 0 radical (unpaired) electrons. The van der Waals surface area contributed by atoms with Gasteiger partial charge in [0.25, 0.3) is 10.0 Å². The van der Waals surface area contributed by atoms with Gasteiger partial charge in [0.15, 0.2) is 0 Å². The van der Waals surface area contributed by atoms with Gasteiger partial charge in [-0.15, -0.1) is 0 Å². The second kappa shape index (κ2) is 6.15. The van der Waals surface area contributed by atoms with E-state index in [0.717, 1.165) is 20.6 Å². The number of nitrogens with zero attached hydrogens (tertiary/aromatic N) is 1. The van der Waals surface area contributed by atoms with Gasteiger partial charge in [0.2, 0.25) is 0 Å². The Balaban J connectivity index is 1.75. The molecule has 1 aliphatic heterocycles. The van der Waals surface area contributed by atoms with Crippen molar-refractivity contribution in [2.24, 2.45) is 0 Å². The van der Waals surface area contributed by atoms with Crippen molar-refractivity contribution in [3.63, 3.8) is 0 Å². The van der Waals surface area contributed by atoms with Gasteiger partial charge >= 0.3 is 0 Å². The van der Waals surface area contributed by atoms with E-state index in [-0.39, 0.29) is 4.90 Å². The fourth-order valence-electron chi connectivity index (χ4n) is 3.36. The van der Waals surface area contributed by atoms with Crippen LogP contribution in [0.4, 0.5) is 11.4 Å². The highest BCUT2D eigenvalue weighted by molar-refractivity contribution is 8.00. The molecule has 0 saturated carbocycles. The van der Waals surface area contributed by atoms with Gasteiger partial charge < -0.3 is 0 Å². The molecule has 0 N–H and O–H groups in total. The summed E-state index contributed by atoms with van der Waals surface area (Å²) in [5.74, 6) is 0. The second-order valence-corrected chi connectivity index (χ2v) is 9.19. The van der Waals surface area contributed by atoms with E-state index < -0.39 is 10.0 Å². The number of benzene rings is 4. The lowest BCUT2D eigenvalue weighted by molar-refractivity contribution is 0.596. The summed E-state index contributed by atoms with van der Waals surface area (Å²) in [5.41, 5.74) is 1.38. The standard InChI is InChI=1S/C22H15NO2S2/c24-27(25,18-14-13-16-7-1-2-8-17(16)15-18)23-19-9-3-5-11-21(19)26-22-12-6-4-10-20(22)23/h1-15H. The van der Waals surface area contributed by atoms with E-state index in [2.05, 4.69) is 0 Å². The Morgan fingerprint density at radius 1 is 0.630 bits per heavy atom. The van der Waals surface area contributed by atoms with Crippen molar-refractivity contribution in [3.8, 4) is 0 Å². The minimum atomic E-state index is -3.76. The van der Waals surface area contributed by atoms with Crippen molar-refractivity contribution in [2.45, 2.75) is 14.7 Å². The van der Waals surface area contributed by atoms with Crippen LogP contribution < -0.4 is 4.31 Å². The van der Waals surface area contributed by atoms with E-state index in [1.165, 1.54) is 4.31 Å². The van der Waals surface area contributed by atoms with Crippen LogP contribution in [0.2, 0.25) is 0 Å². The number of sulfonamides is 1. The Hall–Kier alpha value is -2.76. The SMILES string of the molecule is O=S(=O)(c1ccc2ccccc2c1)N1c2ccccc2Sc2ccccc21. The third-order valence-corrected chi connectivity index (χ3v) is 7.50. The van der Waals surface area contributed by atoms with Crippen LogP contribution in [0.15, 0.2) is 106 Å². The molecular formula is C22H15NO2S2. The molecule has 4 aromatic carbocycles. The molecule has 0 unspecified atom stereocenters. The Morgan fingerprint density at radius 3 is 1.85 bits per heavy atom. The quantitative estimate of drug-likeness (QED) is 0.433. The van der Waals surface area contributed by atoms with Crippen LogP contribution in [0.3, 0.4) is 0 Å². The van der Waals surface area contributed by atoms with Crippen molar-refractivity contribution in [2.75, 3.05) is 4.31 Å². The van der Waals surface area contributed by atoms with E-state index in [1.54, 1.807) is 23.9 Å². The highest BCUT2D eigenvalue weighted by atomic mass is 32.2. The minimum Gasteiger partial charge on any atom is -0.232 e. The van der Waals surface area contributed by atoms with Gasteiger partial charge in [0.1, 0.15) is 0 Å². The number of hydrogen-bond donors (Lipinski definition) is 0. The van der Waals surface area contributed by atoms with Crippen LogP contribution in [-0.4, -0.2) is 8.42 Å². The summed E-state index contributed by atoms with van der Waals surface area (Å²) in [6, 6.07) is 28.3. The first-order valence-electron chi connectivity index (χ1n) is 8.55. The van der Waals surface area contributed by atoms with Crippen molar-refractivity contribution < 1.29 is 8.42 Å².